The molecule has 0 aromatic heterocycles. The summed E-state index contributed by atoms with van der Waals surface area (Å²) in [7, 11) is 0. The molecule has 0 saturated heterocycles. The van der Waals surface area contributed by atoms with E-state index < -0.39 is 6.03 Å². The molecule has 0 spiro atoms. The average molecular weight is 209 g/mol. The Balaban J connectivity index is 1.90. The highest BCUT2D eigenvalue weighted by Gasteiger charge is 2.30. The molecule has 84 valence electrons. The van der Waals surface area contributed by atoms with Crippen molar-refractivity contribution in [3.05, 3.63) is 0 Å². The van der Waals surface area contributed by atoms with Crippen molar-refractivity contribution < 1.29 is 4.79 Å². The van der Waals surface area contributed by atoms with Gasteiger partial charge in [-0.05, 0) is 37.5 Å². The van der Waals surface area contributed by atoms with Crippen molar-refractivity contribution in [3.63, 3.8) is 0 Å². The monoisotopic (exact) mass is 209 g/mol. The fourth-order valence-electron chi connectivity index (χ4n) is 2.93. The molecule has 2 amide bonds. The first-order chi connectivity index (χ1) is 7.25. The molecule has 0 aromatic carbocycles. The van der Waals surface area contributed by atoms with Gasteiger partial charge in [-0.1, -0.05) is 19.3 Å². The Morgan fingerprint density at radius 1 is 1.27 bits per heavy atom. The van der Waals surface area contributed by atoms with Gasteiger partial charge in [0.1, 0.15) is 0 Å². The standard InChI is InChI=1S/C11H19N3O/c12-11(15)14-13-10-6-5-8-3-1-2-4-9(8)7-10/h8-9H,1-7H2,(H3,12,14,15)/b13-10+/t8-,9+/m1/s1. The van der Waals surface area contributed by atoms with Gasteiger partial charge in [0.25, 0.3) is 0 Å². The van der Waals surface area contributed by atoms with E-state index in [4.69, 9.17) is 5.73 Å². The highest BCUT2D eigenvalue weighted by Crippen LogP contribution is 2.39. The third-order valence-corrected chi connectivity index (χ3v) is 3.69. The summed E-state index contributed by atoms with van der Waals surface area (Å²) in [6.07, 6.45) is 8.81. The van der Waals surface area contributed by atoms with E-state index in [9.17, 15) is 4.79 Å². The van der Waals surface area contributed by atoms with Gasteiger partial charge in [-0.2, -0.15) is 5.10 Å². The molecule has 2 atom stereocenters. The molecule has 2 saturated carbocycles. The minimum atomic E-state index is -0.562. The SMILES string of the molecule is NC(=O)N/N=C1\CC[C@H]2CCCC[C@H]2C1. The first-order valence-corrected chi connectivity index (χ1v) is 5.86. The third-order valence-electron chi connectivity index (χ3n) is 3.69. The van der Waals surface area contributed by atoms with Crippen LogP contribution in [0.2, 0.25) is 0 Å². The fourth-order valence-corrected chi connectivity index (χ4v) is 2.93. The van der Waals surface area contributed by atoms with Gasteiger partial charge < -0.3 is 5.73 Å². The van der Waals surface area contributed by atoms with Crippen LogP contribution in [0.5, 0.6) is 0 Å². The van der Waals surface area contributed by atoms with Gasteiger partial charge in [-0.25, -0.2) is 10.2 Å². The van der Waals surface area contributed by atoms with E-state index in [0.717, 1.165) is 30.4 Å². The van der Waals surface area contributed by atoms with Crippen molar-refractivity contribution in [3.8, 4) is 0 Å². The number of amides is 2. The van der Waals surface area contributed by atoms with Crippen LogP contribution in [-0.2, 0) is 0 Å². The van der Waals surface area contributed by atoms with Gasteiger partial charge in [0.2, 0.25) is 0 Å². The molecule has 2 rings (SSSR count). The first-order valence-electron chi connectivity index (χ1n) is 5.86. The Kier molecular flexibility index (Phi) is 3.23. The molecule has 0 aliphatic heterocycles. The van der Waals surface area contributed by atoms with E-state index in [1.54, 1.807) is 0 Å². The van der Waals surface area contributed by atoms with Crippen molar-refractivity contribution in [2.24, 2.45) is 22.7 Å². The number of fused-ring (bicyclic) bond motifs is 1. The average Bonchev–Trinajstić information content (AvgIpc) is 2.26. The lowest BCUT2D eigenvalue weighted by Gasteiger charge is -2.35. The van der Waals surface area contributed by atoms with Crippen LogP contribution in [0.25, 0.3) is 0 Å². The van der Waals surface area contributed by atoms with Crippen molar-refractivity contribution in [1.29, 1.82) is 0 Å². The second kappa shape index (κ2) is 4.64. The lowest BCUT2D eigenvalue weighted by atomic mass is 9.70. The summed E-state index contributed by atoms with van der Waals surface area (Å²) in [4.78, 5) is 10.5. The molecule has 15 heavy (non-hydrogen) atoms. The third kappa shape index (κ3) is 2.70. The number of rotatable bonds is 1. The number of hydrogen-bond acceptors (Lipinski definition) is 2. The van der Waals surface area contributed by atoms with Crippen molar-refractivity contribution in [2.75, 3.05) is 0 Å². The Hall–Kier alpha value is -1.06. The van der Waals surface area contributed by atoms with E-state index in [1.807, 2.05) is 0 Å². The summed E-state index contributed by atoms with van der Waals surface area (Å²) in [5, 5.41) is 4.07. The zero-order valence-corrected chi connectivity index (χ0v) is 9.04. The second-order valence-electron chi connectivity index (χ2n) is 4.70. The molecule has 4 nitrogen and oxygen atoms in total. The quantitative estimate of drug-likeness (QED) is 0.637. The summed E-state index contributed by atoms with van der Waals surface area (Å²) in [5.41, 5.74) is 8.44. The maximum Gasteiger partial charge on any atom is 0.332 e. The Morgan fingerprint density at radius 3 is 2.73 bits per heavy atom. The summed E-state index contributed by atoms with van der Waals surface area (Å²) in [6.45, 7) is 0. The summed E-state index contributed by atoms with van der Waals surface area (Å²) < 4.78 is 0. The molecule has 2 aliphatic carbocycles. The van der Waals surface area contributed by atoms with Crippen LogP contribution >= 0.6 is 0 Å². The van der Waals surface area contributed by atoms with Crippen LogP contribution in [0.3, 0.4) is 0 Å². The number of hydrazone groups is 1. The largest absolute Gasteiger partial charge is 0.350 e. The van der Waals surface area contributed by atoms with Gasteiger partial charge >= 0.3 is 6.03 Å². The van der Waals surface area contributed by atoms with E-state index in [1.165, 1.54) is 32.1 Å². The number of primary amides is 1. The summed E-state index contributed by atoms with van der Waals surface area (Å²) in [5.74, 6) is 1.72. The minimum Gasteiger partial charge on any atom is -0.350 e. The maximum atomic E-state index is 10.5. The Labute approximate surface area is 90.3 Å². The van der Waals surface area contributed by atoms with Gasteiger partial charge in [-0.15, -0.1) is 0 Å². The predicted molar refractivity (Wildman–Crippen MR) is 59.5 cm³/mol. The van der Waals surface area contributed by atoms with Crippen molar-refractivity contribution in [2.45, 2.75) is 44.9 Å². The number of hydrogen-bond donors (Lipinski definition) is 2. The van der Waals surface area contributed by atoms with E-state index in [2.05, 4.69) is 10.5 Å². The topological polar surface area (TPSA) is 67.5 Å². The normalized spacial score (nSPS) is 33.5. The lowest BCUT2D eigenvalue weighted by molar-refractivity contribution is 0.217. The molecule has 0 radical (unpaired) electrons. The van der Waals surface area contributed by atoms with Gasteiger partial charge in [0, 0.05) is 5.71 Å². The van der Waals surface area contributed by atoms with Gasteiger partial charge in [-0.3, -0.25) is 0 Å². The minimum absolute atomic E-state index is 0.562. The first kappa shape index (κ1) is 10.5. The molecular weight excluding hydrogens is 190 g/mol. The van der Waals surface area contributed by atoms with Crippen molar-refractivity contribution in [1.82, 2.24) is 5.43 Å². The maximum absolute atomic E-state index is 10.5. The number of urea groups is 1. The van der Waals surface area contributed by atoms with Gasteiger partial charge in [0.15, 0.2) is 0 Å². The molecule has 2 fully saturated rings. The molecule has 0 bridgehead atoms. The molecule has 3 N–H and O–H groups in total. The smallest absolute Gasteiger partial charge is 0.332 e. The number of carbonyl (C=O) groups excluding carboxylic acids is 1. The molecular formula is C11H19N3O. The number of nitrogens with one attached hydrogen (secondary N) is 1. The van der Waals surface area contributed by atoms with E-state index >= 15 is 0 Å². The van der Waals surface area contributed by atoms with Crippen LogP contribution in [0.4, 0.5) is 4.79 Å². The molecule has 4 heteroatoms. The van der Waals surface area contributed by atoms with Crippen LogP contribution in [0.1, 0.15) is 44.9 Å². The summed E-state index contributed by atoms with van der Waals surface area (Å²) in [6, 6.07) is -0.562. The summed E-state index contributed by atoms with van der Waals surface area (Å²) >= 11 is 0. The zero-order valence-electron chi connectivity index (χ0n) is 9.04. The number of nitrogens with two attached hydrogens (primary N) is 1. The predicted octanol–water partition coefficient (Wildman–Crippen LogP) is 2.00. The van der Waals surface area contributed by atoms with Crippen LogP contribution < -0.4 is 11.2 Å². The second-order valence-corrected chi connectivity index (χ2v) is 4.70. The zero-order chi connectivity index (χ0) is 10.7. The van der Waals surface area contributed by atoms with Crippen LogP contribution in [-0.4, -0.2) is 11.7 Å². The molecule has 0 unspecified atom stereocenters. The molecule has 2 aliphatic rings. The van der Waals surface area contributed by atoms with E-state index in [0.29, 0.717) is 0 Å². The van der Waals surface area contributed by atoms with Crippen LogP contribution in [0.15, 0.2) is 5.10 Å². The number of carbonyl (C=O) groups is 1. The molecule has 0 heterocycles. The molecule has 0 aromatic rings. The fraction of sp³-hybridized carbons (Fsp3) is 0.818. The van der Waals surface area contributed by atoms with Crippen molar-refractivity contribution >= 4 is 11.7 Å². The van der Waals surface area contributed by atoms with Gasteiger partial charge in [0.05, 0.1) is 0 Å². The highest BCUT2D eigenvalue weighted by atomic mass is 16.2. The lowest BCUT2D eigenvalue weighted by Crippen LogP contribution is -2.31. The van der Waals surface area contributed by atoms with E-state index in [-0.39, 0.29) is 0 Å². The Bertz CT molecular complexity index is 275. The van der Waals surface area contributed by atoms with Crippen LogP contribution in [0, 0.1) is 11.8 Å². The highest BCUT2D eigenvalue weighted by molar-refractivity contribution is 5.86. The number of nitrogens with zero attached hydrogens (tertiary/aromatic N) is 1. The Morgan fingerprint density at radius 2 is 2.00 bits per heavy atom.